The van der Waals surface area contributed by atoms with Gasteiger partial charge in [0.25, 0.3) is 0 Å². The summed E-state index contributed by atoms with van der Waals surface area (Å²) in [6, 6.07) is 8.48. The predicted molar refractivity (Wildman–Crippen MR) is 99.2 cm³/mol. The highest BCUT2D eigenvalue weighted by Gasteiger charge is 2.39. The fraction of sp³-hybridized carbons (Fsp3) is 0.263. The minimum atomic E-state index is -0.350. The summed E-state index contributed by atoms with van der Waals surface area (Å²) in [5.41, 5.74) is 2.52. The van der Waals surface area contributed by atoms with Gasteiger partial charge in [-0.05, 0) is 48.4 Å². The van der Waals surface area contributed by atoms with Crippen LogP contribution >= 0.6 is 22.7 Å². The van der Waals surface area contributed by atoms with Crippen LogP contribution in [0.25, 0.3) is 10.6 Å². The van der Waals surface area contributed by atoms with Gasteiger partial charge in [0.05, 0.1) is 17.7 Å². The van der Waals surface area contributed by atoms with Gasteiger partial charge in [-0.1, -0.05) is 12.1 Å². The molecule has 0 bridgehead atoms. The zero-order valence-electron chi connectivity index (χ0n) is 13.5. The maximum atomic E-state index is 13.2. The van der Waals surface area contributed by atoms with Crippen LogP contribution in [0.15, 0.2) is 46.5 Å². The molecule has 0 unspecified atom stereocenters. The Morgan fingerprint density at radius 3 is 2.64 bits per heavy atom. The highest BCUT2D eigenvalue weighted by Crippen LogP contribution is 2.41. The number of rotatable bonds is 5. The Morgan fingerprint density at radius 1 is 1.20 bits per heavy atom. The molecular formula is C19H17FN2OS2. The molecule has 1 aliphatic carbocycles. The van der Waals surface area contributed by atoms with Gasteiger partial charge in [-0.25, -0.2) is 9.37 Å². The molecule has 3 nitrogen and oxygen atoms in total. The maximum absolute atomic E-state index is 13.2. The summed E-state index contributed by atoms with van der Waals surface area (Å²) in [5.74, 6) is -0.292. The van der Waals surface area contributed by atoms with Gasteiger partial charge in [0.2, 0.25) is 5.91 Å². The third kappa shape index (κ3) is 3.37. The van der Waals surface area contributed by atoms with Crippen LogP contribution in [-0.2, 0) is 16.8 Å². The van der Waals surface area contributed by atoms with Gasteiger partial charge in [0, 0.05) is 16.3 Å². The van der Waals surface area contributed by atoms with Crippen molar-refractivity contribution in [3.8, 4) is 10.6 Å². The lowest BCUT2D eigenvalue weighted by atomic mass is 9.71. The third-order valence-electron chi connectivity index (χ3n) is 4.64. The summed E-state index contributed by atoms with van der Waals surface area (Å²) in [4.78, 5) is 17.1. The van der Waals surface area contributed by atoms with E-state index in [1.807, 2.05) is 16.8 Å². The molecule has 0 saturated heterocycles. The second-order valence-electron chi connectivity index (χ2n) is 6.32. The zero-order valence-corrected chi connectivity index (χ0v) is 15.1. The van der Waals surface area contributed by atoms with Crippen molar-refractivity contribution < 1.29 is 9.18 Å². The minimum Gasteiger partial charge on any atom is -0.346 e. The van der Waals surface area contributed by atoms with Gasteiger partial charge in [0.15, 0.2) is 0 Å². The van der Waals surface area contributed by atoms with E-state index in [1.165, 1.54) is 12.1 Å². The van der Waals surface area contributed by atoms with Crippen LogP contribution in [0.1, 0.15) is 30.5 Å². The summed E-state index contributed by atoms with van der Waals surface area (Å²) in [5, 5.41) is 10.1. The lowest BCUT2D eigenvalue weighted by Gasteiger charge is -2.43. The molecule has 6 heteroatoms. The number of nitrogens with one attached hydrogen (secondary N) is 1. The highest BCUT2D eigenvalue weighted by atomic mass is 32.1. The molecule has 1 N–H and O–H groups in total. The van der Waals surface area contributed by atoms with Crippen molar-refractivity contribution in [3.63, 3.8) is 0 Å². The number of carbonyl (C=O) groups is 1. The Hall–Kier alpha value is -2.05. The molecule has 128 valence electrons. The van der Waals surface area contributed by atoms with Crippen molar-refractivity contribution in [2.45, 2.75) is 31.2 Å². The second kappa shape index (κ2) is 6.69. The van der Waals surface area contributed by atoms with E-state index >= 15 is 0 Å². The molecule has 25 heavy (non-hydrogen) atoms. The molecule has 4 rings (SSSR count). The van der Waals surface area contributed by atoms with E-state index in [9.17, 15) is 9.18 Å². The van der Waals surface area contributed by atoms with Crippen molar-refractivity contribution in [2.75, 3.05) is 0 Å². The SMILES string of the molecule is O=C(Cc1csc(-c2ccsc2)n1)NC1(c2ccc(F)cc2)CCC1. The molecule has 1 fully saturated rings. The standard InChI is InChI=1S/C19H17FN2OS2/c20-15-4-2-14(3-5-15)19(7-1-8-19)22-17(23)10-16-12-25-18(21-16)13-6-9-24-11-13/h2-6,9,11-12H,1,7-8,10H2,(H,22,23). The number of thiophene rings is 1. The zero-order chi connectivity index (χ0) is 17.3. The lowest BCUT2D eigenvalue weighted by Crippen LogP contribution is -2.51. The van der Waals surface area contributed by atoms with Gasteiger partial charge in [0.1, 0.15) is 10.8 Å². The van der Waals surface area contributed by atoms with Crippen LogP contribution in [0.5, 0.6) is 0 Å². The number of hydrogen-bond donors (Lipinski definition) is 1. The number of amides is 1. The molecule has 1 amide bonds. The fourth-order valence-corrected chi connectivity index (χ4v) is 4.70. The minimum absolute atomic E-state index is 0.0359. The first-order valence-corrected chi connectivity index (χ1v) is 10.0. The lowest BCUT2D eigenvalue weighted by molar-refractivity contribution is -0.123. The Labute approximate surface area is 153 Å². The molecule has 0 atom stereocenters. The topological polar surface area (TPSA) is 42.0 Å². The van der Waals surface area contributed by atoms with Crippen LogP contribution in [0, 0.1) is 5.82 Å². The number of carbonyl (C=O) groups excluding carboxylic acids is 1. The summed E-state index contributed by atoms with van der Waals surface area (Å²) in [6.45, 7) is 0. The third-order valence-corrected chi connectivity index (χ3v) is 6.27. The predicted octanol–water partition coefficient (Wildman–Crippen LogP) is 4.75. The normalized spacial score (nSPS) is 15.6. The van der Waals surface area contributed by atoms with Crippen molar-refractivity contribution in [1.29, 1.82) is 0 Å². The summed E-state index contributed by atoms with van der Waals surface area (Å²) >= 11 is 3.19. The van der Waals surface area contributed by atoms with E-state index in [1.54, 1.807) is 34.8 Å². The number of nitrogens with zero attached hydrogens (tertiary/aromatic N) is 1. The maximum Gasteiger partial charge on any atom is 0.226 e. The van der Waals surface area contributed by atoms with Gasteiger partial charge in [-0.2, -0.15) is 11.3 Å². The number of hydrogen-bond acceptors (Lipinski definition) is 4. The quantitative estimate of drug-likeness (QED) is 0.702. The number of benzene rings is 1. The summed E-state index contributed by atoms with van der Waals surface area (Å²) in [7, 11) is 0. The molecule has 3 aromatic rings. The molecule has 0 aliphatic heterocycles. The Balaban J connectivity index is 1.45. The second-order valence-corrected chi connectivity index (χ2v) is 7.96. The molecule has 2 heterocycles. The van der Waals surface area contributed by atoms with Crippen molar-refractivity contribution in [3.05, 3.63) is 63.5 Å². The molecular weight excluding hydrogens is 355 g/mol. The van der Waals surface area contributed by atoms with E-state index < -0.39 is 0 Å². The van der Waals surface area contributed by atoms with Gasteiger partial charge in [-0.15, -0.1) is 11.3 Å². The molecule has 0 spiro atoms. The Morgan fingerprint density at radius 2 is 2.00 bits per heavy atom. The first kappa shape index (κ1) is 16.4. The van der Waals surface area contributed by atoms with E-state index in [0.29, 0.717) is 0 Å². The number of aromatic nitrogens is 1. The number of thiazole rings is 1. The molecule has 1 saturated carbocycles. The Kier molecular flexibility index (Phi) is 4.39. The highest BCUT2D eigenvalue weighted by molar-refractivity contribution is 7.14. The van der Waals surface area contributed by atoms with E-state index in [0.717, 1.165) is 41.1 Å². The van der Waals surface area contributed by atoms with Crippen LogP contribution in [0.3, 0.4) is 0 Å². The first-order chi connectivity index (χ1) is 12.1. The average molecular weight is 372 g/mol. The van der Waals surface area contributed by atoms with E-state index in [4.69, 9.17) is 0 Å². The largest absolute Gasteiger partial charge is 0.346 e. The summed E-state index contributed by atoms with van der Waals surface area (Å²) in [6.07, 6.45) is 3.11. The van der Waals surface area contributed by atoms with Crippen LogP contribution in [0.2, 0.25) is 0 Å². The average Bonchev–Trinajstić information content (AvgIpc) is 3.23. The van der Waals surface area contributed by atoms with Crippen molar-refractivity contribution in [1.82, 2.24) is 10.3 Å². The van der Waals surface area contributed by atoms with Gasteiger partial charge < -0.3 is 5.32 Å². The van der Waals surface area contributed by atoms with Gasteiger partial charge >= 0.3 is 0 Å². The molecule has 1 aliphatic rings. The van der Waals surface area contributed by atoms with Gasteiger partial charge in [-0.3, -0.25) is 4.79 Å². The fourth-order valence-electron chi connectivity index (χ4n) is 3.17. The van der Waals surface area contributed by atoms with Crippen molar-refractivity contribution >= 4 is 28.6 Å². The van der Waals surface area contributed by atoms with E-state index in [-0.39, 0.29) is 23.7 Å². The molecule has 0 radical (unpaired) electrons. The molecule has 1 aromatic carbocycles. The first-order valence-electron chi connectivity index (χ1n) is 8.19. The monoisotopic (exact) mass is 372 g/mol. The summed E-state index contributed by atoms with van der Waals surface area (Å²) < 4.78 is 13.2. The number of halogens is 1. The van der Waals surface area contributed by atoms with E-state index in [2.05, 4.69) is 15.7 Å². The Bertz CT molecular complexity index is 867. The van der Waals surface area contributed by atoms with Crippen LogP contribution in [-0.4, -0.2) is 10.9 Å². The van der Waals surface area contributed by atoms with Crippen LogP contribution < -0.4 is 5.32 Å². The smallest absolute Gasteiger partial charge is 0.226 e. The molecule has 2 aromatic heterocycles. The van der Waals surface area contributed by atoms with Crippen LogP contribution in [0.4, 0.5) is 4.39 Å². The van der Waals surface area contributed by atoms with Crippen molar-refractivity contribution in [2.24, 2.45) is 0 Å².